The zero-order chi connectivity index (χ0) is 5.28. The van der Waals surface area contributed by atoms with Crippen molar-refractivity contribution in [3.05, 3.63) is 0 Å². The van der Waals surface area contributed by atoms with Gasteiger partial charge in [0.15, 0.2) is 0 Å². The van der Waals surface area contributed by atoms with Gasteiger partial charge in [0.1, 0.15) is 0 Å². The maximum atomic E-state index is 4.94. The van der Waals surface area contributed by atoms with Crippen LogP contribution in [0.1, 0.15) is 20.3 Å². The minimum atomic E-state index is 0.472. The molecule has 0 aromatic carbocycles. The topological polar surface area (TPSA) is 21.3 Å². The summed E-state index contributed by atoms with van der Waals surface area (Å²) in [5.41, 5.74) is 2.81. The van der Waals surface area contributed by atoms with Gasteiger partial charge in [0.05, 0.1) is 12.1 Å². The van der Waals surface area contributed by atoms with E-state index in [1.54, 1.807) is 0 Å². The zero-order valence-corrected chi connectivity index (χ0v) is 4.77. The van der Waals surface area contributed by atoms with E-state index in [1.807, 2.05) is 0 Å². The van der Waals surface area contributed by atoms with E-state index in [9.17, 15) is 0 Å². The highest BCUT2D eigenvalue weighted by atomic mass is 16.7. The van der Waals surface area contributed by atoms with E-state index in [0.717, 1.165) is 6.42 Å². The number of rotatable bonds is 1. The number of hydroxylamine groups is 1. The number of hydrogen-bond donors (Lipinski definition) is 1. The molecule has 1 aliphatic rings. The van der Waals surface area contributed by atoms with Gasteiger partial charge in [0.25, 0.3) is 0 Å². The molecule has 1 saturated heterocycles. The molecule has 1 fully saturated rings. The molecule has 0 saturated carbocycles. The molecule has 7 heavy (non-hydrogen) atoms. The predicted octanol–water partition coefficient (Wildman–Crippen LogP) is 0.688. The summed E-state index contributed by atoms with van der Waals surface area (Å²) >= 11 is 0. The smallest absolute Gasteiger partial charge is 0.0960 e. The van der Waals surface area contributed by atoms with Crippen molar-refractivity contribution >= 4 is 0 Å². The van der Waals surface area contributed by atoms with E-state index in [-0.39, 0.29) is 0 Å². The largest absolute Gasteiger partial charge is 0.296 e. The van der Waals surface area contributed by atoms with Gasteiger partial charge in [0, 0.05) is 0 Å². The second-order valence-electron chi connectivity index (χ2n) is 1.97. The third-order valence-corrected chi connectivity index (χ3v) is 1.37. The van der Waals surface area contributed by atoms with Gasteiger partial charge in [-0.3, -0.25) is 4.84 Å². The average Bonchev–Trinajstić information content (AvgIpc) is 1.65. The molecule has 1 heterocycles. The van der Waals surface area contributed by atoms with Crippen LogP contribution in [-0.4, -0.2) is 12.1 Å². The number of nitrogens with one attached hydrogen (secondary N) is 1. The van der Waals surface area contributed by atoms with E-state index in [2.05, 4.69) is 19.3 Å². The van der Waals surface area contributed by atoms with Crippen molar-refractivity contribution in [1.82, 2.24) is 5.48 Å². The van der Waals surface area contributed by atoms with Crippen molar-refractivity contribution < 1.29 is 4.84 Å². The quantitative estimate of drug-likeness (QED) is 0.524. The van der Waals surface area contributed by atoms with Gasteiger partial charge in [-0.25, -0.2) is 0 Å². The summed E-state index contributed by atoms with van der Waals surface area (Å²) in [5, 5.41) is 0. The first-order valence-corrected chi connectivity index (χ1v) is 2.75. The Morgan fingerprint density at radius 1 is 1.71 bits per heavy atom. The van der Waals surface area contributed by atoms with E-state index in [0.29, 0.717) is 12.1 Å². The highest BCUT2D eigenvalue weighted by Gasteiger charge is 2.24. The molecular formula is C5H11NO. The lowest BCUT2D eigenvalue weighted by molar-refractivity contribution is -0.162. The Hall–Kier alpha value is -0.0800. The molecule has 0 aromatic heterocycles. The highest BCUT2D eigenvalue weighted by Crippen LogP contribution is 2.10. The standard InChI is InChI=1S/C5H11NO/c1-3-5-4(2)6-7-5/h4-6H,3H2,1-2H3. The summed E-state index contributed by atoms with van der Waals surface area (Å²) in [6, 6.07) is 0.574. The van der Waals surface area contributed by atoms with Crippen LogP contribution in [0.25, 0.3) is 0 Å². The van der Waals surface area contributed by atoms with Crippen molar-refractivity contribution in [2.75, 3.05) is 0 Å². The van der Waals surface area contributed by atoms with Gasteiger partial charge < -0.3 is 0 Å². The normalized spacial score (nSPS) is 40.3. The Labute approximate surface area is 43.8 Å². The van der Waals surface area contributed by atoms with Gasteiger partial charge in [-0.2, -0.15) is 5.48 Å². The third-order valence-electron chi connectivity index (χ3n) is 1.37. The Morgan fingerprint density at radius 2 is 2.43 bits per heavy atom. The molecule has 0 bridgehead atoms. The van der Waals surface area contributed by atoms with Crippen LogP contribution in [0, 0.1) is 0 Å². The van der Waals surface area contributed by atoms with Crippen LogP contribution < -0.4 is 5.48 Å². The molecule has 1 rings (SSSR count). The Kier molecular flexibility index (Phi) is 1.30. The zero-order valence-electron chi connectivity index (χ0n) is 4.77. The van der Waals surface area contributed by atoms with Gasteiger partial charge in [0.2, 0.25) is 0 Å². The fourth-order valence-electron chi connectivity index (χ4n) is 0.737. The van der Waals surface area contributed by atoms with E-state index in [4.69, 9.17) is 4.84 Å². The Balaban J connectivity index is 2.16. The van der Waals surface area contributed by atoms with Gasteiger partial charge in [-0.15, -0.1) is 0 Å². The highest BCUT2D eigenvalue weighted by molar-refractivity contribution is 4.73. The van der Waals surface area contributed by atoms with Crippen LogP contribution in [0.3, 0.4) is 0 Å². The van der Waals surface area contributed by atoms with E-state index < -0.39 is 0 Å². The SMILES string of the molecule is CCC1ONC1C. The fraction of sp³-hybridized carbons (Fsp3) is 1.00. The summed E-state index contributed by atoms with van der Waals surface area (Å²) in [6.45, 7) is 4.25. The third kappa shape index (κ3) is 0.763. The summed E-state index contributed by atoms with van der Waals surface area (Å²) in [5.74, 6) is 0. The molecule has 0 aromatic rings. The van der Waals surface area contributed by atoms with Crippen LogP contribution in [0.5, 0.6) is 0 Å². The monoisotopic (exact) mass is 101 g/mol. The van der Waals surface area contributed by atoms with E-state index in [1.165, 1.54) is 0 Å². The molecule has 42 valence electrons. The lowest BCUT2D eigenvalue weighted by Gasteiger charge is -2.33. The second-order valence-corrected chi connectivity index (χ2v) is 1.97. The van der Waals surface area contributed by atoms with Crippen LogP contribution in [0.15, 0.2) is 0 Å². The molecule has 2 nitrogen and oxygen atoms in total. The van der Waals surface area contributed by atoms with Crippen LogP contribution >= 0.6 is 0 Å². The molecule has 2 unspecified atom stereocenters. The summed E-state index contributed by atoms with van der Waals surface area (Å²) < 4.78 is 0. The maximum Gasteiger partial charge on any atom is 0.0960 e. The predicted molar refractivity (Wildman–Crippen MR) is 27.8 cm³/mol. The van der Waals surface area contributed by atoms with Crippen molar-refractivity contribution in [3.63, 3.8) is 0 Å². The van der Waals surface area contributed by atoms with Crippen molar-refractivity contribution in [2.45, 2.75) is 32.4 Å². The summed E-state index contributed by atoms with van der Waals surface area (Å²) in [6.07, 6.45) is 1.59. The second kappa shape index (κ2) is 1.80. The lowest BCUT2D eigenvalue weighted by atomic mass is 10.1. The van der Waals surface area contributed by atoms with Crippen molar-refractivity contribution in [2.24, 2.45) is 0 Å². The van der Waals surface area contributed by atoms with Gasteiger partial charge in [-0.1, -0.05) is 6.92 Å². The van der Waals surface area contributed by atoms with Crippen molar-refractivity contribution in [1.29, 1.82) is 0 Å². The van der Waals surface area contributed by atoms with Crippen LogP contribution in [-0.2, 0) is 4.84 Å². The van der Waals surface area contributed by atoms with Gasteiger partial charge in [-0.05, 0) is 13.3 Å². The molecule has 1 aliphatic heterocycles. The molecule has 0 spiro atoms. The first-order chi connectivity index (χ1) is 3.34. The molecule has 2 atom stereocenters. The van der Waals surface area contributed by atoms with Crippen LogP contribution in [0.4, 0.5) is 0 Å². The minimum absolute atomic E-state index is 0.472. The maximum absolute atomic E-state index is 4.94. The average molecular weight is 101 g/mol. The first-order valence-electron chi connectivity index (χ1n) is 2.75. The molecule has 0 radical (unpaired) electrons. The molecular weight excluding hydrogens is 90.1 g/mol. The minimum Gasteiger partial charge on any atom is -0.296 e. The molecule has 0 aliphatic carbocycles. The van der Waals surface area contributed by atoms with Gasteiger partial charge >= 0.3 is 0 Å². The Bertz CT molecular complexity index is 63.1. The van der Waals surface area contributed by atoms with Crippen molar-refractivity contribution in [3.8, 4) is 0 Å². The molecule has 0 amide bonds. The number of hydrogen-bond acceptors (Lipinski definition) is 2. The molecule has 1 N–H and O–H groups in total. The first kappa shape index (κ1) is 5.06. The van der Waals surface area contributed by atoms with Crippen LogP contribution in [0.2, 0.25) is 0 Å². The summed E-state index contributed by atoms with van der Waals surface area (Å²) in [7, 11) is 0. The van der Waals surface area contributed by atoms with E-state index >= 15 is 0 Å². The Morgan fingerprint density at radius 3 is 2.43 bits per heavy atom. The fourth-order valence-corrected chi connectivity index (χ4v) is 0.737. The molecule has 2 heteroatoms. The summed E-state index contributed by atoms with van der Waals surface area (Å²) in [4.78, 5) is 4.94. The lowest BCUT2D eigenvalue weighted by Crippen LogP contribution is -2.52.